The average Bonchev–Trinajstić information content (AvgIpc) is 3.48. The van der Waals surface area contributed by atoms with Crippen LogP contribution in [0, 0.1) is 5.82 Å². The fourth-order valence-corrected chi connectivity index (χ4v) is 6.23. The van der Waals surface area contributed by atoms with Crippen LogP contribution in [0.2, 0.25) is 5.02 Å². The van der Waals surface area contributed by atoms with E-state index < -0.39 is 17.4 Å². The van der Waals surface area contributed by atoms with Crippen molar-refractivity contribution in [3.63, 3.8) is 0 Å². The van der Waals surface area contributed by atoms with Gasteiger partial charge >= 0.3 is 12.1 Å². The van der Waals surface area contributed by atoms with Crippen LogP contribution in [0.4, 0.5) is 14.9 Å². The number of nitrogens with one attached hydrogen (secondary N) is 1. The monoisotopic (exact) mass is 660 g/mol. The molecule has 11 heteroatoms. The van der Waals surface area contributed by atoms with Crippen LogP contribution in [0.5, 0.6) is 11.5 Å². The van der Waals surface area contributed by atoms with E-state index >= 15 is 0 Å². The van der Waals surface area contributed by atoms with Gasteiger partial charge in [0.1, 0.15) is 16.9 Å². The summed E-state index contributed by atoms with van der Waals surface area (Å²) in [4.78, 5) is 34.3. The summed E-state index contributed by atoms with van der Waals surface area (Å²) < 4.78 is 26.4. The number of amides is 1. The summed E-state index contributed by atoms with van der Waals surface area (Å²) in [7, 11) is 0. The van der Waals surface area contributed by atoms with Crippen LogP contribution >= 0.6 is 11.6 Å². The summed E-state index contributed by atoms with van der Waals surface area (Å²) >= 11 is 6.18. The van der Waals surface area contributed by atoms with Gasteiger partial charge in [-0.1, -0.05) is 23.7 Å². The molecule has 2 N–H and O–H groups in total. The van der Waals surface area contributed by atoms with Crippen LogP contribution in [0.15, 0.2) is 72.4 Å². The predicted octanol–water partition coefficient (Wildman–Crippen LogP) is 7.67. The van der Waals surface area contributed by atoms with E-state index in [9.17, 15) is 19.1 Å². The van der Waals surface area contributed by atoms with E-state index in [1.165, 1.54) is 23.3 Å². The van der Waals surface area contributed by atoms with Crippen molar-refractivity contribution in [2.45, 2.75) is 32.8 Å². The standard InChI is InChI=1S/C36H38ClFN4O5/c1-36(2,3)47-35(45)42-13-11-28(23-4-6-26(37)7-5-23)25(22-42)21-40-14-16-41(17-15-40)27-8-9-29(34(43)44)32(19-27)46-33-18-24-10-12-39-31(24)20-30(33)38/h4-10,12,18-20,39H,11,13-17,21-22H2,1-3H3,(H,43,44). The molecule has 1 fully saturated rings. The normalized spacial score (nSPS) is 16.1. The summed E-state index contributed by atoms with van der Waals surface area (Å²) in [6.07, 6.45) is 2.11. The number of anilines is 1. The van der Waals surface area contributed by atoms with Crippen molar-refractivity contribution < 1.29 is 28.6 Å². The van der Waals surface area contributed by atoms with Crippen molar-refractivity contribution in [3.05, 3.63) is 94.4 Å². The topological polar surface area (TPSA) is 98.3 Å². The average molecular weight is 661 g/mol. The number of ether oxygens (including phenoxy) is 2. The maximum Gasteiger partial charge on any atom is 0.410 e. The molecule has 0 aliphatic carbocycles. The number of hydrogen-bond acceptors (Lipinski definition) is 6. The summed E-state index contributed by atoms with van der Waals surface area (Å²) in [5.41, 5.74) is 4.29. The summed E-state index contributed by atoms with van der Waals surface area (Å²) in [5, 5.41) is 11.3. The second-order valence-corrected chi connectivity index (χ2v) is 13.4. The molecule has 47 heavy (non-hydrogen) atoms. The summed E-state index contributed by atoms with van der Waals surface area (Å²) in [6.45, 7) is 10.2. The molecule has 3 heterocycles. The first kappa shape index (κ1) is 32.4. The first-order chi connectivity index (χ1) is 22.4. The van der Waals surface area contributed by atoms with E-state index in [2.05, 4.69) is 14.8 Å². The molecular weight excluding hydrogens is 623 g/mol. The van der Waals surface area contributed by atoms with Crippen molar-refractivity contribution >= 4 is 45.8 Å². The van der Waals surface area contributed by atoms with Crippen LogP contribution < -0.4 is 9.64 Å². The minimum absolute atomic E-state index is 0.0424. The Labute approximate surface area is 278 Å². The maximum atomic E-state index is 14.9. The molecule has 1 amide bonds. The largest absolute Gasteiger partial charge is 0.478 e. The van der Waals surface area contributed by atoms with E-state index in [1.807, 2.05) is 45.0 Å². The van der Waals surface area contributed by atoms with Crippen LogP contribution in [0.3, 0.4) is 0 Å². The lowest BCUT2D eigenvalue weighted by atomic mass is 9.93. The van der Waals surface area contributed by atoms with E-state index in [4.69, 9.17) is 21.1 Å². The smallest absolute Gasteiger partial charge is 0.410 e. The molecule has 1 aromatic heterocycles. The van der Waals surface area contributed by atoms with Gasteiger partial charge < -0.3 is 29.4 Å². The highest BCUT2D eigenvalue weighted by Crippen LogP contribution is 2.35. The number of benzene rings is 3. The second-order valence-electron chi connectivity index (χ2n) is 12.9. The molecular formula is C36H38ClFN4O5. The van der Waals surface area contributed by atoms with Gasteiger partial charge in [0, 0.05) is 85.8 Å². The number of carboxylic acid groups (broad SMARTS) is 1. The Morgan fingerprint density at radius 2 is 1.70 bits per heavy atom. The van der Waals surface area contributed by atoms with Crippen LogP contribution in [-0.4, -0.2) is 83.4 Å². The SMILES string of the molecule is CC(C)(C)OC(=O)N1CCC(c2ccc(Cl)cc2)=C(CN2CCN(c3ccc(C(=O)O)c(Oc4cc5cc[nH]c5cc4F)c3)CC2)C1. The number of aromatic carboxylic acids is 1. The Balaban J connectivity index is 1.18. The molecule has 1 saturated heterocycles. The Hall–Kier alpha value is -4.54. The molecule has 0 unspecified atom stereocenters. The highest BCUT2D eigenvalue weighted by Gasteiger charge is 2.29. The highest BCUT2D eigenvalue weighted by molar-refractivity contribution is 6.30. The number of aromatic amines is 1. The summed E-state index contributed by atoms with van der Waals surface area (Å²) in [5.74, 6) is -1.71. The number of hydrogen-bond donors (Lipinski definition) is 2. The number of carboxylic acids is 1. The van der Waals surface area contributed by atoms with Crippen molar-refractivity contribution in [2.24, 2.45) is 0 Å². The first-order valence-electron chi connectivity index (χ1n) is 15.7. The maximum absolute atomic E-state index is 14.9. The van der Waals surface area contributed by atoms with Crippen molar-refractivity contribution in [1.29, 1.82) is 0 Å². The molecule has 0 spiro atoms. The molecule has 246 valence electrons. The van der Waals surface area contributed by atoms with Gasteiger partial charge in [0.2, 0.25) is 0 Å². The van der Waals surface area contributed by atoms with Crippen LogP contribution in [0.1, 0.15) is 43.1 Å². The number of fused-ring (bicyclic) bond motifs is 1. The third kappa shape index (κ3) is 7.55. The minimum Gasteiger partial charge on any atom is -0.478 e. The van der Waals surface area contributed by atoms with Gasteiger partial charge in [-0.2, -0.15) is 0 Å². The highest BCUT2D eigenvalue weighted by atomic mass is 35.5. The molecule has 6 rings (SSSR count). The summed E-state index contributed by atoms with van der Waals surface area (Å²) in [6, 6.07) is 17.5. The Morgan fingerprint density at radius 1 is 0.957 bits per heavy atom. The molecule has 2 aliphatic rings. The van der Waals surface area contributed by atoms with Gasteiger partial charge in [-0.3, -0.25) is 4.90 Å². The van der Waals surface area contributed by atoms with E-state index in [0.29, 0.717) is 49.7 Å². The lowest BCUT2D eigenvalue weighted by Crippen LogP contribution is -2.48. The van der Waals surface area contributed by atoms with Gasteiger partial charge in [0.05, 0.1) is 0 Å². The Morgan fingerprint density at radius 3 is 2.40 bits per heavy atom. The molecule has 3 aromatic carbocycles. The lowest BCUT2D eigenvalue weighted by Gasteiger charge is -2.39. The van der Waals surface area contributed by atoms with Crippen LogP contribution in [-0.2, 0) is 4.74 Å². The van der Waals surface area contributed by atoms with E-state index in [0.717, 1.165) is 29.7 Å². The molecule has 4 aromatic rings. The number of piperazine rings is 1. The second kappa shape index (κ2) is 13.3. The number of carbonyl (C=O) groups excluding carboxylic acids is 1. The predicted molar refractivity (Wildman–Crippen MR) is 181 cm³/mol. The molecule has 0 saturated carbocycles. The molecule has 0 atom stereocenters. The quantitative estimate of drug-likeness (QED) is 0.210. The number of aromatic nitrogens is 1. The zero-order valence-corrected chi connectivity index (χ0v) is 27.4. The molecule has 2 aliphatic heterocycles. The third-order valence-corrected chi connectivity index (χ3v) is 8.71. The number of nitrogens with zero attached hydrogens (tertiary/aromatic N) is 3. The molecule has 9 nitrogen and oxygen atoms in total. The fourth-order valence-electron chi connectivity index (χ4n) is 6.11. The van der Waals surface area contributed by atoms with Crippen LogP contribution in [0.25, 0.3) is 16.5 Å². The Kier molecular flexibility index (Phi) is 9.16. The first-order valence-corrected chi connectivity index (χ1v) is 16.1. The number of carbonyl (C=O) groups is 2. The fraction of sp³-hybridized carbons (Fsp3) is 0.333. The number of rotatable bonds is 7. The minimum atomic E-state index is -1.16. The zero-order valence-electron chi connectivity index (χ0n) is 26.7. The van der Waals surface area contributed by atoms with Crippen molar-refractivity contribution in [1.82, 2.24) is 14.8 Å². The van der Waals surface area contributed by atoms with Gasteiger partial charge in [-0.25, -0.2) is 14.0 Å². The van der Waals surface area contributed by atoms with Gasteiger partial charge in [-0.15, -0.1) is 0 Å². The number of H-pyrrole nitrogens is 1. The van der Waals surface area contributed by atoms with Gasteiger partial charge in [0.25, 0.3) is 0 Å². The van der Waals surface area contributed by atoms with E-state index in [-0.39, 0.29) is 23.2 Å². The van der Waals surface area contributed by atoms with Crippen molar-refractivity contribution in [3.8, 4) is 11.5 Å². The Bertz CT molecular complexity index is 1820. The third-order valence-electron chi connectivity index (χ3n) is 8.46. The molecule has 0 radical (unpaired) electrons. The zero-order chi connectivity index (χ0) is 33.3. The van der Waals surface area contributed by atoms with Gasteiger partial charge in [-0.05, 0) is 80.3 Å². The van der Waals surface area contributed by atoms with Crippen molar-refractivity contribution in [2.75, 3.05) is 50.7 Å². The van der Waals surface area contributed by atoms with E-state index in [1.54, 1.807) is 35.4 Å². The lowest BCUT2D eigenvalue weighted by molar-refractivity contribution is 0.0261. The van der Waals surface area contributed by atoms with Gasteiger partial charge in [0.15, 0.2) is 11.6 Å². The number of halogens is 2. The molecule has 0 bridgehead atoms.